The first kappa shape index (κ1) is 14.7. The largest absolute Gasteiger partial charge is 0.478 e. The second kappa shape index (κ2) is 6.58. The molecule has 0 atom stereocenters. The summed E-state index contributed by atoms with van der Waals surface area (Å²) in [5.74, 6) is -1.46. The lowest BCUT2D eigenvalue weighted by Crippen LogP contribution is -2.36. The average Bonchev–Trinajstić information content (AvgIpc) is 2.34. The van der Waals surface area contributed by atoms with Crippen LogP contribution < -0.4 is 16.4 Å². The lowest BCUT2D eigenvalue weighted by molar-refractivity contribution is -0.116. The summed E-state index contributed by atoms with van der Waals surface area (Å²) in [7, 11) is 0. The van der Waals surface area contributed by atoms with Gasteiger partial charge in [-0.1, -0.05) is 13.3 Å². The third-order valence-corrected chi connectivity index (χ3v) is 2.55. The van der Waals surface area contributed by atoms with Gasteiger partial charge < -0.3 is 21.5 Å². The zero-order chi connectivity index (χ0) is 14.4. The molecule has 0 unspecified atom stereocenters. The molecule has 0 saturated carbocycles. The molecule has 7 heteroatoms. The lowest BCUT2D eigenvalue weighted by Gasteiger charge is -2.23. The summed E-state index contributed by atoms with van der Waals surface area (Å²) in [5, 5.41) is 9.16. The van der Waals surface area contributed by atoms with Crippen LogP contribution in [0.5, 0.6) is 0 Å². The van der Waals surface area contributed by atoms with Gasteiger partial charge in [0.05, 0.1) is 18.4 Å². The summed E-state index contributed by atoms with van der Waals surface area (Å²) in [6, 6.07) is 1.32. The number of carboxylic acid groups (broad SMARTS) is 1. The van der Waals surface area contributed by atoms with E-state index in [-0.39, 0.29) is 23.6 Å². The summed E-state index contributed by atoms with van der Waals surface area (Å²) in [5.41, 5.74) is 10.9. The number of anilines is 2. The van der Waals surface area contributed by atoms with Crippen molar-refractivity contribution in [3.05, 3.63) is 17.8 Å². The van der Waals surface area contributed by atoms with Crippen LogP contribution in [0.25, 0.3) is 0 Å². The summed E-state index contributed by atoms with van der Waals surface area (Å²) < 4.78 is 0. The molecule has 0 radical (unpaired) electrons. The fourth-order valence-electron chi connectivity index (χ4n) is 1.68. The molecular weight excluding hydrogens is 248 g/mol. The number of nitrogens with zero attached hydrogens (tertiary/aromatic N) is 2. The molecule has 0 spiro atoms. The lowest BCUT2D eigenvalue weighted by atomic mass is 10.2. The molecule has 5 N–H and O–H groups in total. The quantitative estimate of drug-likeness (QED) is 0.658. The number of aromatic carboxylic acids is 1. The zero-order valence-corrected chi connectivity index (χ0v) is 10.8. The molecule has 7 nitrogen and oxygen atoms in total. The first-order valence-electron chi connectivity index (χ1n) is 5.97. The van der Waals surface area contributed by atoms with Gasteiger partial charge in [0, 0.05) is 6.54 Å². The Kier molecular flexibility index (Phi) is 5.11. The Bertz CT molecular complexity index is 476. The number of unbranched alkanes of at least 4 members (excludes halogenated alkanes) is 1. The molecule has 0 fully saturated rings. The smallest absolute Gasteiger partial charge is 0.339 e. The van der Waals surface area contributed by atoms with Crippen molar-refractivity contribution in [1.82, 2.24) is 4.98 Å². The Hall–Kier alpha value is -2.31. The highest BCUT2D eigenvalue weighted by atomic mass is 16.4. The van der Waals surface area contributed by atoms with Gasteiger partial charge >= 0.3 is 5.97 Å². The van der Waals surface area contributed by atoms with Crippen LogP contribution in [0.4, 0.5) is 11.5 Å². The molecule has 1 aromatic heterocycles. The van der Waals surface area contributed by atoms with E-state index in [1.807, 2.05) is 6.92 Å². The highest BCUT2D eigenvalue weighted by Crippen LogP contribution is 2.20. The number of carbonyl (C=O) groups excluding carboxylic acids is 1. The molecule has 0 aliphatic heterocycles. The van der Waals surface area contributed by atoms with Gasteiger partial charge in [0.15, 0.2) is 0 Å². The van der Waals surface area contributed by atoms with Crippen LogP contribution >= 0.6 is 0 Å². The van der Waals surface area contributed by atoms with Crippen LogP contribution in [-0.2, 0) is 4.79 Å². The molecule has 1 heterocycles. The van der Waals surface area contributed by atoms with Gasteiger partial charge in [-0.15, -0.1) is 0 Å². The molecule has 0 saturated heterocycles. The number of pyridine rings is 1. The minimum atomic E-state index is -1.14. The van der Waals surface area contributed by atoms with Gasteiger partial charge in [-0.3, -0.25) is 4.79 Å². The number of amides is 1. The SMILES string of the molecule is CCCCN(CC(N)=O)c1ncc(N)cc1C(=O)O. The number of carboxylic acids is 1. The molecule has 1 aromatic rings. The number of rotatable bonds is 7. The van der Waals surface area contributed by atoms with E-state index in [9.17, 15) is 9.59 Å². The van der Waals surface area contributed by atoms with Crippen molar-refractivity contribution >= 4 is 23.4 Å². The van der Waals surface area contributed by atoms with Crippen LogP contribution in [0, 0.1) is 0 Å². The van der Waals surface area contributed by atoms with E-state index in [0.717, 1.165) is 12.8 Å². The summed E-state index contributed by atoms with van der Waals surface area (Å²) in [4.78, 5) is 27.9. The normalized spacial score (nSPS) is 10.2. The summed E-state index contributed by atoms with van der Waals surface area (Å²) in [6.45, 7) is 2.44. The van der Waals surface area contributed by atoms with E-state index in [1.54, 1.807) is 4.90 Å². The van der Waals surface area contributed by atoms with Crippen molar-refractivity contribution in [2.45, 2.75) is 19.8 Å². The number of hydrogen-bond donors (Lipinski definition) is 3. The molecular formula is C12H18N4O3. The van der Waals surface area contributed by atoms with Crippen molar-refractivity contribution in [2.75, 3.05) is 23.7 Å². The number of primary amides is 1. The van der Waals surface area contributed by atoms with Crippen LogP contribution in [0.15, 0.2) is 12.3 Å². The number of nitrogens with two attached hydrogens (primary N) is 2. The number of aromatic nitrogens is 1. The molecule has 1 amide bonds. The zero-order valence-electron chi connectivity index (χ0n) is 10.8. The van der Waals surface area contributed by atoms with Crippen molar-refractivity contribution in [3.63, 3.8) is 0 Å². The van der Waals surface area contributed by atoms with Gasteiger partial charge in [0.2, 0.25) is 5.91 Å². The average molecular weight is 266 g/mol. The first-order valence-corrected chi connectivity index (χ1v) is 5.97. The fourth-order valence-corrected chi connectivity index (χ4v) is 1.68. The predicted octanol–water partition coefficient (Wildman–Crippen LogP) is 0.454. The number of hydrogen-bond acceptors (Lipinski definition) is 5. The van der Waals surface area contributed by atoms with Crippen LogP contribution in [0.3, 0.4) is 0 Å². The molecule has 1 rings (SSSR count). The molecule has 0 aromatic carbocycles. The third-order valence-electron chi connectivity index (χ3n) is 2.55. The van der Waals surface area contributed by atoms with Gasteiger partial charge in [-0.05, 0) is 12.5 Å². The fraction of sp³-hybridized carbons (Fsp3) is 0.417. The topological polar surface area (TPSA) is 123 Å². The first-order chi connectivity index (χ1) is 8.95. The van der Waals surface area contributed by atoms with Gasteiger partial charge in [-0.2, -0.15) is 0 Å². The predicted molar refractivity (Wildman–Crippen MR) is 71.9 cm³/mol. The maximum absolute atomic E-state index is 11.2. The van der Waals surface area contributed by atoms with E-state index in [0.29, 0.717) is 6.54 Å². The van der Waals surface area contributed by atoms with Crippen molar-refractivity contribution in [3.8, 4) is 0 Å². The van der Waals surface area contributed by atoms with Gasteiger partial charge in [0.25, 0.3) is 0 Å². The van der Waals surface area contributed by atoms with E-state index in [1.165, 1.54) is 12.3 Å². The Morgan fingerprint density at radius 3 is 2.68 bits per heavy atom. The summed E-state index contributed by atoms with van der Waals surface area (Å²) >= 11 is 0. The van der Waals surface area contributed by atoms with Crippen molar-refractivity contribution < 1.29 is 14.7 Å². The van der Waals surface area contributed by atoms with E-state index in [2.05, 4.69) is 4.98 Å². The maximum atomic E-state index is 11.2. The van der Waals surface area contributed by atoms with Crippen LogP contribution in [0.1, 0.15) is 30.1 Å². The Balaban J connectivity index is 3.12. The minimum absolute atomic E-state index is 0.0302. The summed E-state index contributed by atoms with van der Waals surface area (Å²) in [6.07, 6.45) is 3.08. The van der Waals surface area contributed by atoms with Crippen LogP contribution in [-0.4, -0.2) is 35.1 Å². The molecule has 0 bridgehead atoms. The minimum Gasteiger partial charge on any atom is -0.478 e. The number of carbonyl (C=O) groups is 2. The monoisotopic (exact) mass is 266 g/mol. The Labute approximate surface area is 111 Å². The number of nitrogen functional groups attached to an aromatic ring is 1. The van der Waals surface area contributed by atoms with Crippen molar-refractivity contribution in [2.24, 2.45) is 5.73 Å². The molecule has 0 aliphatic rings. The Morgan fingerprint density at radius 1 is 1.47 bits per heavy atom. The molecule has 19 heavy (non-hydrogen) atoms. The van der Waals surface area contributed by atoms with E-state index in [4.69, 9.17) is 16.6 Å². The highest BCUT2D eigenvalue weighted by molar-refractivity contribution is 5.95. The standard InChI is InChI=1S/C12H18N4O3/c1-2-3-4-16(7-10(14)17)11-9(12(18)19)5-8(13)6-15-11/h5-6H,2-4,7,13H2,1H3,(H2,14,17)(H,18,19). The van der Waals surface area contributed by atoms with Gasteiger partial charge in [0.1, 0.15) is 11.4 Å². The van der Waals surface area contributed by atoms with Crippen LogP contribution in [0.2, 0.25) is 0 Å². The Morgan fingerprint density at radius 2 is 2.16 bits per heavy atom. The second-order valence-corrected chi connectivity index (χ2v) is 4.19. The molecule has 0 aliphatic carbocycles. The van der Waals surface area contributed by atoms with Gasteiger partial charge in [-0.25, -0.2) is 9.78 Å². The maximum Gasteiger partial charge on any atom is 0.339 e. The van der Waals surface area contributed by atoms with E-state index >= 15 is 0 Å². The molecule has 104 valence electrons. The third kappa shape index (κ3) is 4.13. The highest BCUT2D eigenvalue weighted by Gasteiger charge is 2.19. The van der Waals surface area contributed by atoms with Crippen molar-refractivity contribution in [1.29, 1.82) is 0 Å². The van der Waals surface area contributed by atoms with E-state index < -0.39 is 11.9 Å². The second-order valence-electron chi connectivity index (χ2n) is 4.19.